The van der Waals surface area contributed by atoms with Crippen LogP contribution >= 0.6 is 0 Å². The molecular weight excluding hydrogens is 829 g/mol. The summed E-state index contributed by atoms with van der Waals surface area (Å²) in [7, 11) is -19.8. The molecule has 8 unspecified atom stereocenters. The predicted octanol–water partition coefficient (Wildman–Crippen LogP) is 16.8. The SMILES string of the molecule is C[Si](C)(C)O[Si](C1=CC([Si](C)(C)C)C([Si](C)(C)C)C([Si](C)(C)C)C1[Si](C)(C)C)(C1=CC([Si](C)(C)C)C([Si](C)(C)C)C([Si](C)(C)C)C1[Si](C)(C)C)[Si](C)(C)C. The number of allylic oxidation sites excluding steroid dienone is 4. The lowest BCUT2D eigenvalue weighted by molar-refractivity contribution is 0.544. The van der Waals surface area contributed by atoms with Gasteiger partial charge >= 0.3 is 0 Å². The molecule has 2 aliphatic rings. The van der Waals surface area contributed by atoms with Crippen LogP contribution < -0.4 is 0 Å². The lowest BCUT2D eigenvalue weighted by Crippen LogP contribution is -2.71. The number of hydrogen-bond donors (Lipinski definition) is 0. The van der Waals surface area contributed by atoms with Crippen LogP contribution in [0.3, 0.4) is 0 Å². The second-order valence-electron chi connectivity index (χ2n) is 29.4. The van der Waals surface area contributed by atoms with E-state index in [4.69, 9.17) is 4.12 Å². The molecule has 0 aromatic carbocycles. The van der Waals surface area contributed by atoms with Gasteiger partial charge in [0.05, 0.1) is 39.9 Å². The van der Waals surface area contributed by atoms with Crippen LogP contribution in [0.2, 0.25) is 241 Å². The molecule has 0 heterocycles. The van der Waals surface area contributed by atoms with Gasteiger partial charge in [0.25, 0.3) is 0 Å². The van der Waals surface area contributed by atoms with Gasteiger partial charge in [0.1, 0.15) is 0 Å². The van der Waals surface area contributed by atoms with Crippen LogP contribution in [-0.2, 0) is 4.12 Å². The average molecular weight is 930 g/mol. The van der Waals surface area contributed by atoms with E-state index in [2.05, 4.69) is 209 Å². The second-order valence-corrected chi connectivity index (χ2v) is 91.2. The third-order valence-electron chi connectivity index (χ3n) is 13.8. The van der Waals surface area contributed by atoms with E-state index in [1.165, 1.54) is 0 Å². The monoisotopic (exact) mass is 929 g/mol. The molecule has 318 valence electrons. The van der Waals surface area contributed by atoms with Crippen molar-refractivity contribution in [1.29, 1.82) is 0 Å². The summed E-state index contributed by atoms with van der Waals surface area (Å²) in [6.07, 6.45) is 6.39. The van der Waals surface area contributed by atoms with Crippen molar-refractivity contribution in [2.75, 3.05) is 0 Å². The number of hydrogen-bond acceptors (Lipinski definition) is 1. The third-order valence-corrected chi connectivity index (χ3v) is 54.7. The minimum absolute atomic E-state index is 0.733. The Bertz CT molecular complexity index is 1290. The predicted molar refractivity (Wildman–Crippen MR) is 286 cm³/mol. The van der Waals surface area contributed by atoms with Gasteiger partial charge in [-0.05, 0) is 64.0 Å². The van der Waals surface area contributed by atoms with Crippen LogP contribution in [0.1, 0.15) is 0 Å². The lowest BCUT2D eigenvalue weighted by atomic mass is 10.0. The highest BCUT2D eigenvalue weighted by molar-refractivity contribution is 7.45. The van der Waals surface area contributed by atoms with Crippen molar-refractivity contribution in [3.05, 3.63) is 22.5 Å². The fourth-order valence-corrected chi connectivity index (χ4v) is 76.9. The van der Waals surface area contributed by atoms with Crippen molar-refractivity contribution in [2.45, 2.75) is 241 Å². The summed E-state index contributed by atoms with van der Waals surface area (Å²) in [5, 5.41) is 4.06. The van der Waals surface area contributed by atoms with E-state index in [1.807, 2.05) is 10.4 Å². The van der Waals surface area contributed by atoms with Crippen molar-refractivity contribution in [3.8, 4) is 0 Å². The van der Waals surface area contributed by atoms with Crippen LogP contribution in [0.15, 0.2) is 22.5 Å². The maximum atomic E-state index is 8.74. The molecule has 2 rings (SSSR count). The van der Waals surface area contributed by atoms with Gasteiger partial charge in [-0.2, -0.15) is 0 Å². The smallest absolute Gasteiger partial charge is 0.220 e. The molecule has 0 aromatic heterocycles. The van der Waals surface area contributed by atoms with Crippen LogP contribution in [0, 0.1) is 0 Å². The summed E-state index contributed by atoms with van der Waals surface area (Å²) in [4.78, 5) is 0. The first-order chi connectivity index (χ1) is 23.1. The van der Waals surface area contributed by atoms with Crippen LogP contribution in [0.5, 0.6) is 0 Å². The summed E-state index contributed by atoms with van der Waals surface area (Å²) in [5.41, 5.74) is 6.43. The fourth-order valence-electron chi connectivity index (χ4n) is 12.3. The third kappa shape index (κ3) is 11.0. The first-order valence-corrected chi connectivity index (χ1v) is 60.7. The molecule has 0 fully saturated rings. The Kier molecular flexibility index (Phi) is 15.0. The molecule has 12 heteroatoms. The van der Waals surface area contributed by atoms with Gasteiger partial charge < -0.3 is 4.12 Å². The van der Waals surface area contributed by atoms with Crippen molar-refractivity contribution in [3.63, 3.8) is 0 Å². The molecule has 0 saturated carbocycles. The highest BCUT2D eigenvalue weighted by Crippen LogP contribution is 2.71. The molecule has 0 bridgehead atoms. The van der Waals surface area contributed by atoms with Gasteiger partial charge in [0.15, 0.2) is 8.32 Å². The Morgan fingerprint density at radius 3 is 0.704 bits per heavy atom. The minimum Gasteiger partial charge on any atom is -0.452 e. The first-order valence-electron chi connectivity index (χ1n) is 22.3. The van der Waals surface area contributed by atoms with Crippen molar-refractivity contribution >= 4 is 88.3 Å². The summed E-state index contributed by atoms with van der Waals surface area (Å²) >= 11 is 0. The Morgan fingerprint density at radius 2 is 0.556 bits per heavy atom. The molecule has 8 atom stereocenters. The zero-order chi connectivity index (χ0) is 43.4. The minimum atomic E-state index is -2.72. The normalized spacial score (nSPS) is 30.5. The van der Waals surface area contributed by atoms with Gasteiger partial charge in [-0.15, -0.1) is 0 Å². The van der Waals surface area contributed by atoms with Gasteiger partial charge in [-0.25, -0.2) is 0 Å². The van der Waals surface area contributed by atoms with E-state index in [1.54, 1.807) is 0 Å². The Labute approximate surface area is 353 Å². The van der Waals surface area contributed by atoms with Crippen molar-refractivity contribution in [2.24, 2.45) is 0 Å². The van der Waals surface area contributed by atoms with Crippen molar-refractivity contribution < 1.29 is 4.12 Å². The maximum absolute atomic E-state index is 8.74. The molecule has 54 heavy (non-hydrogen) atoms. The van der Waals surface area contributed by atoms with Crippen LogP contribution in [-0.4, -0.2) is 88.3 Å². The quantitative estimate of drug-likeness (QED) is 0.167. The lowest BCUT2D eigenvalue weighted by Gasteiger charge is -2.65. The highest BCUT2D eigenvalue weighted by atomic mass is 29.3. The Morgan fingerprint density at radius 1 is 0.315 bits per heavy atom. The van der Waals surface area contributed by atoms with E-state index in [-0.39, 0.29) is 0 Å². The van der Waals surface area contributed by atoms with E-state index in [0.29, 0.717) is 0 Å². The second kappa shape index (κ2) is 15.6. The largest absolute Gasteiger partial charge is 0.452 e. The summed E-state index contributed by atoms with van der Waals surface area (Å²) in [5.74, 6) is 0. The Balaban J connectivity index is 3.70. The summed E-state index contributed by atoms with van der Waals surface area (Å²) in [6.45, 7) is 83.3. The molecule has 0 saturated heterocycles. The standard InChI is InChI=1S/C42H100OSi11/c1-44(2,3)33-31-35(39(48(13,14)15)41(50(19,20)21)37(33)46(7,8)9)54(53(28,29)30,43-52(25,26)27)36-32-34(45(4,5)6)38(47(10,11)12)42(51(22,23)24)40(36)49(16,17)18/h31-34,37-42H,1-30H3. The van der Waals surface area contributed by atoms with Gasteiger partial charge in [-0.3, -0.25) is 0 Å². The highest BCUT2D eigenvalue weighted by Gasteiger charge is 2.68. The van der Waals surface area contributed by atoms with Gasteiger partial charge in [0, 0.05) is 32.3 Å². The van der Waals surface area contributed by atoms with Crippen LogP contribution in [0.4, 0.5) is 0 Å². The molecule has 0 amide bonds. The zero-order valence-electron chi connectivity index (χ0n) is 42.7. The molecule has 2 aliphatic carbocycles. The zero-order valence-corrected chi connectivity index (χ0v) is 53.7. The molecule has 0 aliphatic heterocycles. The van der Waals surface area contributed by atoms with E-state index in [9.17, 15) is 0 Å². The molecule has 0 aromatic rings. The molecule has 1 nitrogen and oxygen atoms in total. The topological polar surface area (TPSA) is 9.23 Å². The first kappa shape index (κ1) is 52.0. The fraction of sp³-hybridized carbons (Fsp3) is 0.905. The number of rotatable bonds is 13. The molecule has 0 N–H and O–H groups in total. The van der Waals surface area contributed by atoms with Gasteiger partial charge in [0.2, 0.25) is 7.83 Å². The molecule has 0 spiro atoms. The van der Waals surface area contributed by atoms with E-state index >= 15 is 0 Å². The van der Waals surface area contributed by atoms with E-state index in [0.717, 1.165) is 44.3 Å². The van der Waals surface area contributed by atoms with E-state index < -0.39 is 88.3 Å². The molecule has 0 radical (unpaired) electrons. The summed E-state index contributed by atoms with van der Waals surface area (Å²) < 4.78 is 8.74. The molecular formula is C42H100OSi11. The summed E-state index contributed by atoms with van der Waals surface area (Å²) in [6, 6.07) is 0. The van der Waals surface area contributed by atoms with Gasteiger partial charge in [-0.1, -0.05) is 199 Å². The van der Waals surface area contributed by atoms with Crippen molar-refractivity contribution in [1.82, 2.24) is 0 Å². The Hall–Kier alpha value is 1.83. The average Bonchev–Trinajstić information content (AvgIpc) is 2.83. The van der Waals surface area contributed by atoms with Crippen LogP contribution in [0.25, 0.3) is 0 Å². The maximum Gasteiger partial charge on any atom is 0.220 e.